The highest BCUT2D eigenvalue weighted by Crippen LogP contribution is 2.38. The molecule has 0 aliphatic carbocycles. The molecule has 3 aromatic rings. The molecule has 2 aromatic heterocycles. The van der Waals surface area contributed by atoms with E-state index in [1.807, 2.05) is 26.1 Å². The van der Waals surface area contributed by atoms with Gasteiger partial charge < -0.3 is 20.9 Å². The van der Waals surface area contributed by atoms with Gasteiger partial charge in [-0.2, -0.15) is 13.2 Å². The molecule has 35 heavy (non-hydrogen) atoms. The third-order valence-electron chi connectivity index (χ3n) is 6.35. The molecule has 2 aliphatic rings. The van der Waals surface area contributed by atoms with E-state index in [1.165, 1.54) is 6.07 Å². The Kier molecular flexibility index (Phi) is 6.06. The van der Waals surface area contributed by atoms with E-state index in [0.717, 1.165) is 54.4 Å². The number of fused-ring (bicyclic) bond motifs is 3. The van der Waals surface area contributed by atoms with Crippen LogP contribution in [0.3, 0.4) is 0 Å². The molecule has 0 saturated carbocycles. The van der Waals surface area contributed by atoms with Crippen molar-refractivity contribution in [3.05, 3.63) is 53.3 Å². The molecule has 5 rings (SSSR count). The van der Waals surface area contributed by atoms with Crippen molar-refractivity contribution in [2.24, 2.45) is 0 Å². The minimum atomic E-state index is -4.45. The van der Waals surface area contributed by atoms with Crippen molar-refractivity contribution in [2.75, 3.05) is 35.7 Å². The first-order valence-electron chi connectivity index (χ1n) is 11.2. The summed E-state index contributed by atoms with van der Waals surface area (Å²) in [5.74, 6) is 1.21. The van der Waals surface area contributed by atoms with Crippen molar-refractivity contribution in [1.29, 1.82) is 0 Å². The molecule has 4 heterocycles. The van der Waals surface area contributed by atoms with Crippen LogP contribution in [0.2, 0.25) is 0 Å². The molecule has 1 unspecified atom stereocenters. The maximum atomic E-state index is 13.3. The van der Waals surface area contributed by atoms with Gasteiger partial charge in [0.1, 0.15) is 5.82 Å². The average molecular weight is 500 g/mol. The molecular weight excluding hydrogens is 475 g/mol. The lowest BCUT2D eigenvalue weighted by molar-refractivity contribution is -0.137. The van der Waals surface area contributed by atoms with Crippen LogP contribution >= 0.6 is 12.2 Å². The standard InChI is InChI=1S/C24H24F3N7S/c1-13-18(5-6-20(30-13)34(2)16-7-8-28-12-16)32-23-29-11-14-9-21(35)31-19-10-15(24(25,26)27)3-4-17(19)22(14)33-23/h3-6,10-11,16,28H,7-9,12H2,1-2H3,(H,31,35)(H,29,32,33). The number of rotatable bonds is 4. The van der Waals surface area contributed by atoms with Gasteiger partial charge in [-0.25, -0.2) is 15.0 Å². The second kappa shape index (κ2) is 9.04. The third-order valence-corrected chi connectivity index (χ3v) is 6.60. The maximum absolute atomic E-state index is 13.3. The number of hydrogen-bond acceptors (Lipinski definition) is 7. The first-order chi connectivity index (χ1) is 16.7. The summed E-state index contributed by atoms with van der Waals surface area (Å²) in [5.41, 5.74) is 2.88. The zero-order valence-corrected chi connectivity index (χ0v) is 20.0. The van der Waals surface area contributed by atoms with Crippen LogP contribution in [0.5, 0.6) is 0 Å². The van der Waals surface area contributed by atoms with Crippen LogP contribution in [0.15, 0.2) is 36.5 Å². The number of benzene rings is 1. The van der Waals surface area contributed by atoms with Gasteiger partial charge in [0, 0.05) is 49.1 Å². The van der Waals surface area contributed by atoms with Gasteiger partial charge in [0.25, 0.3) is 0 Å². The van der Waals surface area contributed by atoms with Crippen molar-refractivity contribution < 1.29 is 13.2 Å². The number of aryl methyl sites for hydroxylation is 1. The van der Waals surface area contributed by atoms with E-state index in [9.17, 15) is 13.2 Å². The first-order valence-corrected chi connectivity index (χ1v) is 11.7. The topological polar surface area (TPSA) is 78.0 Å². The Morgan fingerprint density at radius 1 is 1.17 bits per heavy atom. The van der Waals surface area contributed by atoms with E-state index in [1.54, 1.807) is 6.20 Å². The average Bonchev–Trinajstić information content (AvgIpc) is 3.31. The summed E-state index contributed by atoms with van der Waals surface area (Å²) in [6.07, 6.45) is -1.39. The van der Waals surface area contributed by atoms with E-state index >= 15 is 0 Å². The maximum Gasteiger partial charge on any atom is 0.416 e. The fraction of sp³-hybridized carbons (Fsp3) is 0.333. The largest absolute Gasteiger partial charge is 0.416 e. The van der Waals surface area contributed by atoms with Crippen LogP contribution in [-0.2, 0) is 12.6 Å². The molecule has 0 bridgehead atoms. The van der Waals surface area contributed by atoms with Gasteiger partial charge in [-0.1, -0.05) is 18.3 Å². The molecule has 1 fully saturated rings. The van der Waals surface area contributed by atoms with Gasteiger partial charge in [-0.3, -0.25) is 0 Å². The van der Waals surface area contributed by atoms with Crippen LogP contribution in [0.1, 0.15) is 23.2 Å². The van der Waals surface area contributed by atoms with Gasteiger partial charge in [0.15, 0.2) is 0 Å². The SMILES string of the molecule is Cc1nc(N(C)C2CCNC2)ccc1Nc1ncc2c(n1)-c1ccc(C(F)(F)F)cc1NC(=S)C2. The highest BCUT2D eigenvalue weighted by Gasteiger charge is 2.32. The Hall–Kier alpha value is -3.31. The van der Waals surface area contributed by atoms with Gasteiger partial charge in [0.05, 0.1) is 27.6 Å². The molecule has 182 valence electrons. The van der Waals surface area contributed by atoms with Crippen molar-refractivity contribution in [3.8, 4) is 11.3 Å². The second-order valence-electron chi connectivity index (χ2n) is 8.74. The van der Waals surface area contributed by atoms with Gasteiger partial charge in [-0.15, -0.1) is 0 Å². The molecule has 7 nitrogen and oxygen atoms in total. The number of likely N-dealkylation sites (N-methyl/N-ethyl adjacent to an activating group) is 1. The molecule has 3 N–H and O–H groups in total. The number of pyridine rings is 1. The number of anilines is 4. The van der Waals surface area contributed by atoms with Crippen molar-refractivity contribution in [3.63, 3.8) is 0 Å². The Bertz CT molecular complexity index is 1290. The predicted molar refractivity (Wildman–Crippen MR) is 134 cm³/mol. The van der Waals surface area contributed by atoms with Gasteiger partial charge >= 0.3 is 6.18 Å². The molecule has 1 aromatic carbocycles. The zero-order chi connectivity index (χ0) is 24.7. The summed E-state index contributed by atoms with van der Waals surface area (Å²) >= 11 is 5.33. The molecule has 0 spiro atoms. The molecule has 2 aliphatic heterocycles. The van der Waals surface area contributed by atoms with E-state index in [2.05, 4.69) is 30.8 Å². The van der Waals surface area contributed by atoms with E-state index in [0.29, 0.717) is 34.7 Å². The van der Waals surface area contributed by atoms with Crippen LogP contribution < -0.4 is 20.9 Å². The lowest BCUT2D eigenvalue weighted by atomic mass is 10.0. The zero-order valence-electron chi connectivity index (χ0n) is 19.2. The summed E-state index contributed by atoms with van der Waals surface area (Å²) in [6.45, 7) is 3.85. The number of halogens is 3. The third kappa shape index (κ3) is 4.78. The number of nitrogens with one attached hydrogen (secondary N) is 3. The van der Waals surface area contributed by atoms with E-state index in [4.69, 9.17) is 17.2 Å². The Morgan fingerprint density at radius 2 is 2.00 bits per heavy atom. The highest BCUT2D eigenvalue weighted by molar-refractivity contribution is 7.80. The van der Waals surface area contributed by atoms with Crippen molar-refractivity contribution >= 4 is 40.3 Å². The number of aromatic nitrogens is 3. The summed E-state index contributed by atoms with van der Waals surface area (Å²) in [5, 5.41) is 9.50. The van der Waals surface area contributed by atoms with Crippen LogP contribution in [0, 0.1) is 6.92 Å². The smallest absolute Gasteiger partial charge is 0.355 e. The lowest BCUT2D eigenvalue weighted by Gasteiger charge is -2.25. The van der Waals surface area contributed by atoms with Gasteiger partial charge in [0.2, 0.25) is 5.95 Å². The molecular formula is C24H24F3N7S. The molecule has 1 saturated heterocycles. The molecule has 0 radical (unpaired) electrons. The summed E-state index contributed by atoms with van der Waals surface area (Å²) in [7, 11) is 2.04. The van der Waals surface area contributed by atoms with E-state index in [-0.39, 0.29) is 5.69 Å². The normalized spacial score (nSPS) is 17.3. The minimum Gasteiger partial charge on any atom is -0.355 e. The van der Waals surface area contributed by atoms with Crippen LogP contribution in [-0.4, -0.2) is 46.1 Å². The second-order valence-corrected chi connectivity index (χ2v) is 9.23. The Morgan fingerprint density at radius 3 is 2.71 bits per heavy atom. The molecule has 1 atom stereocenters. The minimum absolute atomic E-state index is 0.278. The van der Waals surface area contributed by atoms with Crippen molar-refractivity contribution in [1.82, 2.24) is 20.3 Å². The van der Waals surface area contributed by atoms with E-state index < -0.39 is 11.7 Å². The fourth-order valence-electron chi connectivity index (χ4n) is 4.38. The van der Waals surface area contributed by atoms with Crippen LogP contribution in [0.4, 0.5) is 36.3 Å². The summed E-state index contributed by atoms with van der Waals surface area (Å²) in [6, 6.07) is 7.83. The van der Waals surface area contributed by atoms with Crippen molar-refractivity contribution in [2.45, 2.75) is 32.0 Å². The molecule has 11 heteroatoms. The Balaban J connectivity index is 1.45. The fourth-order valence-corrected chi connectivity index (χ4v) is 4.65. The quantitative estimate of drug-likeness (QED) is 0.446. The highest BCUT2D eigenvalue weighted by atomic mass is 32.1. The monoisotopic (exact) mass is 499 g/mol. The number of hydrogen-bond donors (Lipinski definition) is 3. The van der Waals surface area contributed by atoms with Crippen LogP contribution in [0.25, 0.3) is 11.3 Å². The molecule has 0 amide bonds. The number of nitrogens with zero attached hydrogens (tertiary/aromatic N) is 4. The number of alkyl halides is 3. The number of thiocarbonyl (C=S) groups is 1. The van der Waals surface area contributed by atoms with Gasteiger partial charge in [-0.05, 0) is 44.2 Å². The summed E-state index contributed by atoms with van der Waals surface area (Å²) in [4.78, 5) is 16.4. The first kappa shape index (κ1) is 23.4. The Labute approximate surface area is 206 Å². The lowest BCUT2D eigenvalue weighted by Crippen LogP contribution is -2.34. The summed E-state index contributed by atoms with van der Waals surface area (Å²) < 4.78 is 39.8. The predicted octanol–water partition coefficient (Wildman–Crippen LogP) is 4.70.